The van der Waals surface area contributed by atoms with Gasteiger partial charge in [-0.05, 0) is 47.5 Å². The maximum absolute atomic E-state index is 11.3. The lowest BCUT2D eigenvalue weighted by molar-refractivity contribution is -0.118. The Morgan fingerprint density at radius 2 is 1.79 bits per heavy atom. The van der Waals surface area contributed by atoms with Crippen molar-refractivity contribution in [3.8, 4) is 16.9 Å². The lowest BCUT2D eigenvalue weighted by Crippen LogP contribution is -2.26. The fraction of sp³-hybridized carbons (Fsp3) is 0.158. The molecule has 3 rings (SSSR count). The van der Waals surface area contributed by atoms with Gasteiger partial charge in [0.2, 0.25) is 5.91 Å². The molecule has 1 aromatic heterocycles. The molecule has 5 nitrogen and oxygen atoms in total. The third kappa shape index (κ3) is 3.46. The van der Waals surface area contributed by atoms with Gasteiger partial charge in [0.1, 0.15) is 11.6 Å². The second-order valence-corrected chi connectivity index (χ2v) is 5.36. The van der Waals surface area contributed by atoms with Gasteiger partial charge < -0.3 is 15.4 Å². The second-order valence-electron chi connectivity index (χ2n) is 5.36. The minimum Gasteiger partial charge on any atom is -0.497 e. The molecule has 0 bridgehead atoms. The van der Waals surface area contributed by atoms with Crippen LogP contribution in [0.1, 0.15) is 0 Å². The van der Waals surface area contributed by atoms with Gasteiger partial charge in [0.15, 0.2) is 0 Å². The van der Waals surface area contributed by atoms with Crippen LogP contribution in [0.4, 0.5) is 5.82 Å². The summed E-state index contributed by atoms with van der Waals surface area (Å²) >= 11 is 0. The predicted molar refractivity (Wildman–Crippen MR) is 96.3 cm³/mol. The standard InChI is InChI=1S/C19H19N3O2/c1-20-19(23)12-21-18-10-6-15-11-14(5-9-17(15)22-18)13-3-7-16(24-2)8-4-13/h3-11H,12H2,1-2H3,(H,20,23)(H,21,22). The van der Waals surface area contributed by atoms with E-state index in [2.05, 4.69) is 21.7 Å². The zero-order valence-electron chi connectivity index (χ0n) is 13.7. The third-order valence-corrected chi connectivity index (χ3v) is 3.82. The molecule has 0 radical (unpaired) electrons. The summed E-state index contributed by atoms with van der Waals surface area (Å²) in [6.07, 6.45) is 0. The van der Waals surface area contributed by atoms with Gasteiger partial charge >= 0.3 is 0 Å². The molecule has 2 aromatic carbocycles. The number of pyridine rings is 1. The molecule has 3 aromatic rings. The van der Waals surface area contributed by atoms with Gasteiger partial charge in [-0.2, -0.15) is 0 Å². The highest BCUT2D eigenvalue weighted by atomic mass is 16.5. The Balaban J connectivity index is 1.84. The predicted octanol–water partition coefficient (Wildman–Crippen LogP) is 3.07. The Bertz CT molecular complexity index is 860. The van der Waals surface area contributed by atoms with Crippen LogP contribution in [-0.2, 0) is 4.79 Å². The molecular formula is C19H19N3O2. The fourth-order valence-corrected chi connectivity index (χ4v) is 2.45. The zero-order chi connectivity index (χ0) is 16.9. The molecule has 0 unspecified atom stereocenters. The van der Waals surface area contributed by atoms with E-state index in [1.165, 1.54) is 0 Å². The Kier molecular flexibility index (Phi) is 4.61. The van der Waals surface area contributed by atoms with Crippen molar-refractivity contribution in [2.45, 2.75) is 0 Å². The van der Waals surface area contributed by atoms with E-state index in [4.69, 9.17) is 4.74 Å². The Labute approximate surface area is 140 Å². The molecule has 24 heavy (non-hydrogen) atoms. The van der Waals surface area contributed by atoms with Crippen molar-refractivity contribution in [3.05, 3.63) is 54.6 Å². The minimum absolute atomic E-state index is 0.0771. The first kappa shape index (κ1) is 15.8. The number of carbonyl (C=O) groups is 1. The van der Waals surface area contributed by atoms with Crippen LogP contribution < -0.4 is 15.4 Å². The Morgan fingerprint density at radius 1 is 1.04 bits per heavy atom. The van der Waals surface area contributed by atoms with Crippen LogP contribution in [0.25, 0.3) is 22.0 Å². The molecule has 122 valence electrons. The lowest BCUT2D eigenvalue weighted by atomic mass is 10.0. The summed E-state index contributed by atoms with van der Waals surface area (Å²) in [5.41, 5.74) is 3.13. The number of methoxy groups -OCH3 is 1. The van der Waals surface area contributed by atoms with E-state index in [0.29, 0.717) is 5.82 Å². The number of likely N-dealkylation sites (N-methyl/N-ethyl adjacent to an activating group) is 1. The number of ether oxygens (including phenoxy) is 1. The molecule has 0 aliphatic rings. The summed E-state index contributed by atoms with van der Waals surface area (Å²) in [5.74, 6) is 1.45. The first-order valence-electron chi connectivity index (χ1n) is 7.69. The topological polar surface area (TPSA) is 63.2 Å². The molecule has 0 aliphatic carbocycles. The second kappa shape index (κ2) is 7.00. The number of fused-ring (bicyclic) bond motifs is 1. The van der Waals surface area contributed by atoms with E-state index in [1.54, 1.807) is 14.2 Å². The number of anilines is 1. The van der Waals surface area contributed by atoms with E-state index in [0.717, 1.165) is 27.8 Å². The summed E-state index contributed by atoms with van der Waals surface area (Å²) in [6, 6.07) is 18.0. The number of nitrogens with one attached hydrogen (secondary N) is 2. The molecule has 0 spiro atoms. The van der Waals surface area contributed by atoms with E-state index in [1.807, 2.05) is 48.5 Å². The van der Waals surface area contributed by atoms with E-state index in [-0.39, 0.29) is 12.5 Å². The smallest absolute Gasteiger partial charge is 0.239 e. The monoisotopic (exact) mass is 321 g/mol. The molecule has 1 heterocycles. The van der Waals surface area contributed by atoms with Crippen molar-refractivity contribution < 1.29 is 9.53 Å². The Morgan fingerprint density at radius 3 is 2.50 bits per heavy atom. The van der Waals surface area contributed by atoms with Crippen molar-refractivity contribution in [3.63, 3.8) is 0 Å². The van der Waals surface area contributed by atoms with Crippen molar-refractivity contribution in [2.24, 2.45) is 0 Å². The molecule has 2 N–H and O–H groups in total. The zero-order valence-corrected chi connectivity index (χ0v) is 13.7. The molecule has 0 aliphatic heterocycles. The van der Waals surface area contributed by atoms with Crippen molar-refractivity contribution in [1.82, 2.24) is 10.3 Å². The Hall–Kier alpha value is -3.08. The van der Waals surface area contributed by atoms with Gasteiger partial charge in [0, 0.05) is 12.4 Å². The average molecular weight is 321 g/mol. The number of hydrogen-bond donors (Lipinski definition) is 2. The van der Waals surface area contributed by atoms with E-state index < -0.39 is 0 Å². The summed E-state index contributed by atoms with van der Waals surface area (Å²) in [7, 11) is 3.27. The normalized spacial score (nSPS) is 10.4. The van der Waals surface area contributed by atoms with Gasteiger partial charge in [0.05, 0.1) is 19.2 Å². The fourth-order valence-electron chi connectivity index (χ4n) is 2.45. The van der Waals surface area contributed by atoms with Crippen LogP contribution in [0.15, 0.2) is 54.6 Å². The maximum Gasteiger partial charge on any atom is 0.239 e. The molecule has 5 heteroatoms. The number of carbonyl (C=O) groups excluding carboxylic acids is 1. The average Bonchev–Trinajstić information content (AvgIpc) is 2.65. The first-order valence-corrected chi connectivity index (χ1v) is 7.69. The summed E-state index contributed by atoms with van der Waals surface area (Å²) in [6.45, 7) is 0.207. The highest BCUT2D eigenvalue weighted by Gasteiger charge is 2.04. The van der Waals surface area contributed by atoms with Crippen LogP contribution in [0.5, 0.6) is 5.75 Å². The van der Waals surface area contributed by atoms with Gasteiger partial charge in [-0.1, -0.05) is 18.2 Å². The van der Waals surface area contributed by atoms with Crippen LogP contribution in [0, 0.1) is 0 Å². The molecule has 0 atom stereocenters. The van der Waals surface area contributed by atoms with E-state index >= 15 is 0 Å². The summed E-state index contributed by atoms with van der Waals surface area (Å²) < 4.78 is 5.19. The summed E-state index contributed by atoms with van der Waals surface area (Å²) in [5, 5.41) is 6.63. The van der Waals surface area contributed by atoms with Gasteiger partial charge in [-0.15, -0.1) is 0 Å². The lowest BCUT2D eigenvalue weighted by Gasteiger charge is -2.08. The molecule has 0 saturated carbocycles. The number of hydrogen-bond acceptors (Lipinski definition) is 4. The molecular weight excluding hydrogens is 302 g/mol. The summed E-state index contributed by atoms with van der Waals surface area (Å²) in [4.78, 5) is 15.8. The largest absolute Gasteiger partial charge is 0.497 e. The molecule has 1 amide bonds. The van der Waals surface area contributed by atoms with Crippen LogP contribution >= 0.6 is 0 Å². The number of nitrogens with zero attached hydrogens (tertiary/aromatic N) is 1. The van der Waals surface area contributed by atoms with Crippen molar-refractivity contribution in [1.29, 1.82) is 0 Å². The van der Waals surface area contributed by atoms with Gasteiger partial charge in [0.25, 0.3) is 0 Å². The van der Waals surface area contributed by atoms with Crippen molar-refractivity contribution in [2.75, 3.05) is 26.0 Å². The highest BCUT2D eigenvalue weighted by molar-refractivity contribution is 5.86. The number of aromatic nitrogens is 1. The SMILES string of the molecule is CNC(=O)CNc1ccc2cc(-c3ccc(OC)cc3)ccc2n1. The third-order valence-electron chi connectivity index (χ3n) is 3.82. The number of amides is 1. The van der Waals surface area contributed by atoms with Gasteiger partial charge in [-0.25, -0.2) is 4.98 Å². The van der Waals surface area contributed by atoms with Crippen molar-refractivity contribution >= 4 is 22.6 Å². The van der Waals surface area contributed by atoms with E-state index in [9.17, 15) is 4.79 Å². The highest BCUT2D eigenvalue weighted by Crippen LogP contribution is 2.26. The minimum atomic E-state index is -0.0771. The van der Waals surface area contributed by atoms with Crippen LogP contribution in [-0.4, -0.2) is 31.6 Å². The molecule has 0 saturated heterocycles. The quantitative estimate of drug-likeness (QED) is 0.758. The molecule has 0 fully saturated rings. The van der Waals surface area contributed by atoms with Crippen LogP contribution in [0.3, 0.4) is 0 Å². The number of rotatable bonds is 5. The first-order chi connectivity index (χ1) is 11.7. The number of benzene rings is 2. The maximum atomic E-state index is 11.3. The van der Waals surface area contributed by atoms with Crippen LogP contribution in [0.2, 0.25) is 0 Å². The van der Waals surface area contributed by atoms with Gasteiger partial charge in [-0.3, -0.25) is 4.79 Å².